The molecule has 1 aliphatic carbocycles. The largest absolute Gasteiger partial charge is 0.573 e. The van der Waals surface area contributed by atoms with Gasteiger partial charge >= 0.3 is 18.4 Å². The van der Waals surface area contributed by atoms with Crippen molar-refractivity contribution in [2.75, 3.05) is 5.32 Å². The van der Waals surface area contributed by atoms with Crippen LogP contribution in [0.5, 0.6) is 5.75 Å². The van der Waals surface area contributed by atoms with Gasteiger partial charge in [0.25, 0.3) is 0 Å². The zero-order valence-corrected chi connectivity index (χ0v) is 17.9. The van der Waals surface area contributed by atoms with Crippen LogP contribution < -0.4 is 26.4 Å². The average molecular weight is 504 g/mol. The van der Waals surface area contributed by atoms with Gasteiger partial charge in [0.15, 0.2) is 0 Å². The van der Waals surface area contributed by atoms with Gasteiger partial charge in [-0.3, -0.25) is 14.4 Å². The molecule has 0 bridgehead atoms. The predicted octanol–water partition coefficient (Wildman–Crippen LogP) is -0.0379. The molecule has 0 spiro atoms. The summed E-state index contributed by atoms with van der Waals surface area (Å²) in [5.41, 5.74) is 5.14. The number of alkyl halides is 3. The summed E-state index contributed by atoms with van der Waals surface area (Å²) in [6.45, 7) is 0. The first-order chi connectivity index (χ1) is 16.2. The van der Waals surface area contributed by atoms with Crippen LogP contribution in [0.1, 0.15) is 19.3 Å². The Balaban J connectivity index is 2.04. The van der Waals surface area contributed by atoms with Crippen molar-refractivity contribution < 1.29 is 52.4 Å². The number of hydrogen-bond donors (Lipinski definition) is 7. The Morgan fingerprint density at radius 3 is 2.31 bits per heavy atom. The van der Waals surface area contributed by atoms with E-state index in [9.17, 15) is 42.6 Å². The zero-order chi connectivity index (χ0) is 26.3. The molecule has 12 nitrogen and oxygen atoms in total. The molecule has 4 atom stereocenters. The number of aliphatic hydroxyl groups excluding tert-OH is 2. The molecule has 1 aromatic carbocycles. The number of rotatable bonds is 9. The first kappa shape index (κ1) is 27.4. The van der Waals surface area contributed by atoms with Gasteiger partial charge in [0.1, 0.15) is 17.9 Å². The third-order valence-electron chi connectivity index (χ3n) is 4.80. The first-order valence-corrected chi connectivity index (χ1v) is 10.1. The molecule has 0 heterocycles. The van der Waals surface area contributed by atoms with Crippen molar-refractivity contribution in [2.45, 2.75) is 49.9 Å². The number of nitrogens with two attached hydrogens (primary N) is 1. The molecule has 0 radical (unpaired) electrons. The maximum Gasteiger partial charge on any atom is 0.573 e. The third kappa shape index (κ3) is 8.78. The standard InChI is InChI=1S/C20H23F3N4O8/c21-20(22,23)35-11-3-1-10(2-4-11)25-19(34)27-13-7-9(8-14(28)16(13)31)18(33)26-12(17(24)32)5-6-15(29)30/h1-4,7,12-14,16,28,31H,5-6,8H2,(H2,24,32)(H,26,33)(H,29,30)(H2,25,27,34). The number of carbonyl (C=O) groups is 4. The maximum atomic E-state index is 12.5. The van der Waals surface area contributed by atoms with Crippen LogP contribution in [0.2, 0.25) is 0 Å². The average Bonchev–Trinajstić information content (AvgIpc) is 2.74. The Hall–Kier alpha value is -3.85. The van der Waals surface area contributed by atoms with Crippen molar-refractivity contribution in [2.24, 2.45) is 5.73 Å². The third-order valence-corrected chi connectivity index (χ3v) is 4.80. The SMILES string of the molecule is NC(=O)C(CCC(=O)O)NC(=O)C1=CC(NC(=O)Nc2ccc(OC(F)(F)F)cc2)C(O)C(O)C1. The van der Waals surface area contributed by atoms with E-state index in [4.69, 9.17) is 10.8 Å². The fourth-order valence-electron chi connectivity index (χ4n) is 3.13. The summed E-state index contributed by atoms with van der Waals surface area (Å²) in [6.07, 6.45) is -7.78. The van der Waals surface area contributed by atoms with Crippen molar-refractivity contribution in [1.29, 1.82) is 0 Å². The molecule has 192 valence electrons. The Morgan fingerprint density at radius 1 is 1.14 bits per heavy atom. The van der Waals surface area contributed by atoms with Crippen molar-refractivity contribution in [3.05, 3.63) is 35.9 Å². The lowest BCUT2D eigenvalue weighted by Gasteiger charge is -2.31. The quantitative estimate of drug-likeness (QED) is 0.243. The fraction of sp³-hybridized carbons (Fsp3) is 0.400. The lowest BCUT2D eigenvalue weighted by molar-refractivity contribution is -0.274. The number of amides is 4. The van der Waals surface area contributed by atoms with E-state index in [0.717, 1.165) is 30.3 Å². The number of urea groups is 1. The van der Waals surface area contributed by atoms with E-state index < -0.39 is 66.6 Å². The lowest BCUT2D eigenvalue weighted by atomic mass is 9.90. The summed E-state index contributed by atoms with van der Waals surface area (Å²) in [7, 11) is 0. The minimum atomic E-state index is -4.88. The van der Waals surface area contributed by atoms with E-state index in [1.807, 2.05) is 0 Å². The Labute approximate surface area is 195 Å². The van der Waals surface area contributed by atoms with Crippen LogP contribution in [0.4, 0.5) is 23.7 Å². The zero-order valence-electron chi connectivity index (χ0n) is 17.9. The Morgan fingerprint density at radius 2 is 1.77 bits per heavy atom. The number of ether oxygens (including phenoxy) is 1. The molecule has 35 heavy (non-hydrogen) atoms. The van der Waals surface area contributed by atoms with Crippen LogP contribution in [0.3, 0.4) is 0 Å². The van der Waals surface area contributed by atoms with Crippen LogP contribution in [-0.4, -0.2) is 69.8 Å². The summed E-state index contributed by atoms with van der Waals surface area (Å²) in [5, 5.41) is 35.9. The molecular weight excluding hydrogens is 481 g/mol. The van der Waals surface area contributed by atoms with E-state index in [1.165, 1.54) is 0 Å². The summed E-state index contributed by atoms with van der Waals surface area (Å²) in [6, 6.07) is 0.695. The second kappa shape index (κ2) is 11.5. The molecule has 0 aliphatic heterocycles. The van der Waals surface area contributed by atoms with Crippen molar-refractivity contribution in [3.63, 3.8) is 0 Å². The van der Waals surface area contributed by atoms with Crippen LogP contribution in [-0.2, 0) is 14.4 Å². The minimum Gasteiger partial charge on any atom is -0.481 e. The number of halogens is 3. The highest BCUT2D eigenvalue weighted by Crippen LogP contribution is 2.24. The molecule has 0 fully saturated rings. The highest BCUT2D eigenvalue weighted by Gasteiger charge is 2.35. The Bertz CT molecular complexity index is 984. The van der Waals surface area contributed by atoms with Crippen LogP contribution >= 0.6 is 0 Å². The molecule has 2 rings (SSSR count). The van der Waals surface area contributed by atoms with Crippen molar-refractivity contribution >= 4 is 29.5 Å². The van der Waals surface area contributed by atoms with Gasteiger partial charge < -0.3 is 41.7 Å². The van der Waals surface area contributed by atoms with Gasteiger partial charge in [-0.05, 0) is 30.7 Å². The molecule has 4 amide bonds. The number of aliphatic hydroxyl groups is 2. The molecular formula is C20H23F3N4O8. The maximum absolute atomic E-state index is 12.5. The number of benzene rings is 1. The minimum absolute atomic E-state index is 0.0764. The number of primary amides is 1. The number of nitrogens with one attached hydrogen (secondary N) is 3. The molecule has 4 unspecified atom stereocenters. The van der Waals surface area contributed by atoms with E-state index in [-0.39, 0.29) is 24.1 Å². The van der Waals surface area contributed by atoms with E-state index in [0.29, 0.717) is 0 Å². The number of anilines is 1. The molecule has 0 saturated carbocycles. The molecule has 0 aromatic heterocycles. The summed E-state index contributed by atoms with van der Waals surface area (Å²) >= 11 is 0. The van der Waals surface area contributed by atoms with E-state index in [2.05, 4.69) is 20.7 Å². The molecule has 15 heteroatoms. The van der Waals surface area contributed by atoms with Crippen LogP contribution in [0.25, 0.3) is 0 Å². The van der Waals surface area contributed by atoms with Crippen LogP contribution in [0.15, 0.2) is 35.9 Å². The fourth-order valence-corrected chi connectivity index (χ4v) is 3.13. The Kier molecular flexibility index (Phi) is 9.02. The normalized spacial score (nSPS) is 20.7. The number of carbonyl (C=O) groups excluding carboxylic acids is 3. The lowest BCUT2D eigenvalue weighted by Crippen LogP contribution is -2.53. The van der Waals surface area contributed by atoms with Crippen LogP contribution in [0, 0.1) is 0 Å². The van der Waals surface area contributed by atoms with Crippen molar-refractivity contribution in [3.8, 4) is 5.75 Å². The number of carboxylic acids is 1. The smallest absolute Gasteiger partial charge is 0.481 e. The van der Waals surface area contributed by atoms with Gasteiger partial charge in [0.2, 0.25) is 11.8 Å². The van der Waals surface area contributed by atoms with Gasteiger partial charge in [0, 0.05) is 24.1 Å². The number of aliphatic carboxylic acids is 1. The highest BCUT2D eigenvalue weighted by molar-refractivity contribution is 5.97. The van der Waals surface area contributed by atoms with E-state index >= 15 is 0 Å². The predicted molar refractivity (Wildman–Crippen MR) is 112 cm³/mol. The highest BCUT2D eigenvalue weighted by atomic mass is 19.4. The van der Waals surface area contributed by atoms with Gasteiger partial charge in [-0.2, -0.15) is 0 Å². The van der Waals surface area contributed by atoms with Gasteiger partial charge in [-0.15, -0.1) is 13.2 Å². The number of hydrogen-bond acceptors (Lipinski definition) is 7. The van der Waals surface area contributed by atoms with Gasteiger partial charge in [-0.1, -0.05) is 6.08 Å². The molecule has 1 aliphatic rings. The summed E-state index contributed by atoms with van der Waals surface area (Å²) < 4.78 is 40.4. The topological polar surface area (TPSA) is 200 Å². The van der Waals surface area contributed by atoms with Gasteiger partial charge in [-0.25, -0.2) is 4.79 Å². The van der Waals surface area contributed by atoms with Crippen molar-refractivity contribution in [1.82, 2.24) is 10.6 Å². The molecule has 8 N–H and O–H groups in total. The van der Waals surface area contributed by atoms with E-state index in [1.54, 1.807) is 0 Å². The number of carboxylic acid groups (broad SMARTS) is 1. The second-order valence-corrected chi connectivity index (χ2v) is 7.51. The summed E-state index contributed by atoms with van der Waals surface area (Å²) in [5.74, 6) is -3.56. The first-order valence-electron chi connectivity index (χ1n) is 10.1. The molecule has 0 saturated heterocycles. The molecule has 1 aromatic rings. The van der Waals surface area contributed by atoms with Gasteiger partial charge in [0.05, 0.1) is 12.1 Å². The second-order valence-electron chi connectivity index (χ2n) is 7.51. The summed E-state index contributed by atoms with van der Waals surface area (Å²) in [4.78, 5) is 47.0. The monoisotopic (exact) mass is 504 g/mol.